The SMILES string of the molecule is CC(C)(C)C(CN)N1CCSCC1. The van der Waals surface area contributed by atoms with Crippen molar-refractivity contribution in [3.63, 3.8) is 0 Å². The summed E-state index contributed by atoms with van der Waals surface area (Å²) in [4.78, 5) is 2.55. The molecule has 0 aromatic heterocycles. The van der Waals surface area contributed by atoms with Crippen molar-refractivity contribution >= 4 is 11.8 Å². The van der Waals surface area contributed by atoms with Crippen LogP contribution in [0.1, 0.15) is 20.8 Å². The van der Waals surface area contributed by atoms with Gasteiger partial charge in [0, 0.05) is 37.2 Å². The van der Waals surface area contributed by atoms with Crippen LogP contribution in [-0.4, -0.2) is 42.1 Å². The van der Waals surface area contributed by atoms with E-state index in [0.717, 1.165) is 6.54 Å². The van der Waals surface area contributed by atoms with E-state index < -0.39 is 0 Å². The van der Waals surface area contributed by atoms with Crippen LogP contribution in [0.4, 0.5) is 0 Å². The molecule has 1 fully saturated rings. The van der Waals surface area contributed by atoms with Gasteiger partial charge in [-0.15, -0.1) is 0 Å². The van der Waals surface area contributed by atoms with Gasteiger partial charge >= 0.3 is 0 Å². The summed E-state index contributed by atoms with van der Waals surface area (Å²) in [5, 5.41) is 0. The van der Waals surface area contributed by atoms with Crippen molar-refractivity contribution in [2.24, 2.45) is 11.1 Å². The molecule has 0 aromatic rings. The van der Waals surface area contributed by atoms with E-state index in [1.165, 1.54) is 24.6 Å². The molecule has 0 spiro atoms. The molecule has 1 rings (SSSR count). The lowest BCUT2D eigenvalue weighted by molar-refractivity contribution is 0.116. The molecule has 1 unspecified atom stereocenters. The van der Waals surface area contributed by atoms with E-state index in [0.29, 0.717) is 11.5 Å². The monoisotopic (exact) mass is 202 g/mol. The van der Waals surface area contributed by atoms with E-state index in [1.807, 2.05) is 0 Å². The van der Waals surface area contributed by atoms with Crippen LogP contribution in [0.25, 0.3) is 0 Å². The zero-order valence-corrected chi connectivity index (χ0v) is 9.86. The maximum Gasteiger partial charge on any atom is 0.0267 e. The van der Waals surface area contributed by atoms with Crippen LogP contribution in [0.3, 0.4) is 0 Å². The average molecular weight is 202 g/mol. The second-order valence-electron chi connectivity index (χ2n) is 4.77. The minimum absolute atomic E-state index is 0.316. The lowest BCUT2D eigenvalue weighted by atomic mass is 9.85. The Hall–Kier alpha value is 0.270. The van der Waals surface area contributed by atoms with Gasteiger partial charge in [0.05, 0.1) is 0 Å². The predicted molar refractivity (Wildman–Crippen MR) is 61.2 cm³/mol. The molecule has 1 atom stereocenters. The predicted octanol–water partition coefficient (Wildman–Crippen LogP) is 1.41. The van der Waals surface area contributed by atoms with Gasteiger partial charge in [-0.1, -0.05) is 20.8 Å². The second-order valence-corrected chi connectivity index (χ2v) is 5.99. The maximum atomic E-state index is 5.84. The van der Waals surface area contributed by atoms with Crippen LogP contribution in [0.5, 0.6) is 0 Å². The molecule has 0 saturated carbocycles. The first-order valence-electron chi connectivity index (χ1n) is 5.07. The van der Waals surface area contributed by atoms with Crippen LogP contribution < -0.4 is 5.73 Å². The van der Waals surface area contributed by atoms with Crippen molar-refractivity contribution in [1.29, 1.82) is 0 Å². The molecule has 1 aliphatic heterocycles. The third kappa shape index (κ3) is 3.15. The third-order valence-electron chi connectivity index (χ3n) is 2.71. The summed E-state index contributed by atoms with van der Waals surface area (Å²) >= 11 is 2.05. The van der Waals surface area contributed by atoms with Crippen LogP contribution in [0.15, 0.2) is 0 Å². The van der Waals surface area contributed by atoms with Crippen molar-refractivity contribution in [1.82, 2.24) is 4.90 Å². The van der Waals surface area contributed by atoms with Crippen molar-refractivity contribution < 1.29 is 0 Å². The van der Waals surface area contributed by atoms with Crippen LogP contribution in [0.2, 0.25) is 0 Å². The van der Waals surface area contributed by atoms with E-state index in [2.05, 4.69) is 37.4 Å². The third-order valence-corrected chi connectivity index (χ3v) is 3.65. The zero-order valence-electron chi connectivity index (χ0n) is 9.05. The number of nitrogens with two attached hydrogens (primary N) is 1. The fourth-order valence-electron chi connectivity index (χ4n) is 1.94. The molecular weight excluding hydrogens is 180 g/mol. The van der Waals surface area contributed by atoms with E-state index >= 15 is 0 Å². The standard InChI is InChI=1S/C10H22N2S/c1-10(2,3)9(8-11)12-4-6-13-7-5-12/h9H,4-8,11H2,1-3H3. The number of rotatable bonds is 2. The quantitative estimate of drug-likeness (QED) is 0.734. The maximum absolute atomic E-state index is 5.84. The first-order chi connectivity index (χ1) is 6.05. The summed E-state index contributed by atoms with van der Waals surface area (Å²) in [6.45, 7) is 10.1. The van der Waals surface area contributed by atoms with Gasteiger partial charge in [0.1, 0.15) is 0 Å². The molecule has 1 heterocycles. The largest absolute Gasteiger partial charge is 0.329 e. The molecule has 2 nitrogen and oxygen atoms in total. The highest BCUT2D eigenvalue weighted by Gasteiger charge is 2.29. The Kier molecular flexibility index (Phi) is 4.07. The summed E-state index contributed by atoms with van der Waals surface area (Å²) in [6.07, 6.45) is 0. The van der Waals surface area contributed by atoms with Crippen LogP contribution in [-0.2, 0) is 0 Å². The molecule has 0 bridgehead atoms. The van der Waals surface area contributed by atoms with E-state index in [1.54, 1.807) is 0 Å². The van der Waals surface area contributed by atoms with Crippen LogP contribution >= 0.6 is 11.8 Å². The highest BCUT2D eigenvalue weighted by Crippen LogP contribution is 2.25. The second kappa shape index (κ2) is 4.67. The lowest BCUT2D eigenvalue weighted by Crippen LogP contribution is -2.51. The fraction of sp³-hybridized carbons (Fsp3) is 1.00. The Bertz CT molecular complexity index is 147. The van der Waals surface area contributed by atoms with Crippen molar-refractivity contribution in [2.45, 2.75) is 26.8 Å². The fourth-order valence-corrected chi connectivity index (χ4v) is 2.87. The first-order valence-corrected chi connectivity index (χ1v) is 6.23. The van der Waals surface area contributed by atoms with Gasteiger partial charge in [0.25, 0.3) is 0 Å². The number of thioether (sulfide) groups is 1. The Morgan fingerprint density at radius 2 is 1.85 bits per heavy atom. The smallest absolute Gasteiger partial charge is 0.0267 e. The number of hydrogen-bond donors (Lipinski definition) is 1. The Labute approximate surface area is 86.2 Å². The lowest BCUT2D eigenvalue weighted by Gasteiger charge is -2.41. The van der Waals surface area contributed by atoms with Gasteiger partial charge in [-0.3, -0.25) is 4.90 Å². The van der Waals surface area contributed by atoms with Gasteiger partial charge in [-0.25, -0.2) is 0 Å². The Morgan fingerprint density at radius 1 is 1.31 bits per heavy atom. The highest BCUT2D eigenvalue weighted by atomic mass is 32.2. The molecule has 0 amide bonds. The van der Waals surface area contributed by atoms with Gasteiger partial charge in [-0.2, -0.15) is 11.8 Å². The summed E-state index contributed by atoms with van der Waals surface area (Å²) in [7, 11) is 0. The average Bonchev–Trinajstić information content (AvgIpc) is 2.05. The minimum atomic E-state index is 0.316. The van der Waals surface area contributed by atoms with Gasteiger partial charge in [-0.05, 0) is 5.41 Å². The summed E-state index contributed by atoms with van der Waals surface area (Å²) < 4.78 is 0. The summed E-state index contributed by atoms with van der Waals surface area (Å²) in [5.41, 5.74) is 6.16. The van der Waals surface area contributed by atoms with Gasteiger partial charge in [0.2, 0.25) is 0 Å². The topological polar surface area (TPSA) is 29.3 Å². The molecular formula is C10H22N2S. The number of hydrogen-bond acceptors (Lipinski definition) is 3. The van der Waals surface area contributed by atoms with E-state index in [-0.39, 0.29) is 0 Å². The Morgan fingerprint density at radius 3 is 2.23 bits per heavy atom. The molecule has 0 radical (unpaired) electrons. The Balaban J connectivity index is 2.54. The minimum Gasteiger partial charge on any atom is -0.329 e. The zero-order chi connectivity index (χ0) is 9.90. The molecule has 1 saturated heterocycles. The van der Waals surface area contributed by atoms with E-state index in [9.17, 15) is 0 Å². The molecule has 13 heavy (non-hydrogen) atoms. The van der Waals surface area contributed by atoms with Crippen molar-refractivity contribution in [3.05, 3.63) is 0 Å². The highest BCUT2D eigenvalue weighted by molar-refractivity contribution is 7.99. The first kappa shape index (κ1) is 11.3. The van der Waals surface area contributed by atoms with Crippen molar-refractivity contribution in [3.8, 4) is 0 Å². The van der Waals surface area contributed by atoms with Gasteiger partial charge < -0.3 is 5.73 Å². The number of nitrogens with zero attached hydrogens (tertiary/aromatic N) is 1. The molecule has 3 heteroatoms. The molecule has 2 N–H and O–H groups in total. The summed E-state index contributed by atoms with van der Waals surface area (Å²) in [5.74, 6) is 2.54. The molecule has 78 valence electrons. The van der Waals surface area contributed by atoms with Crippen LogP contribution in [0, 0.1) is 5.41 Å². The molecule has 0 aliphatic carbocycles. The van der Waals surface area contributed by atoms with Gasteiger partial charge in [0.15, 0.2) is 0 Å². The van der Waals surface area contributed by atoms with E-state index in [4.69, 9.17) is 5.73 Å². The normalized spacial score (nSPS) is 23.1. The summed E-state index contributed by atoms with van der Waals surface area (Å²) in [6, 6.07) is 0.549. The van der Waals surface area contributed by atoms with Crippen molar-refractivity contribution in [2.75, 3.05) is 31.1 Å². The molecule has 1 aliphatic rings. The molecule has 0 aromatic carbocycles.